The molecule has 0 saturated heterocycles. The second-order valence-corrected chi connectivity index (χ2v) is 5.68. The topological polar surface area (TPSA) is 44.5 Å². The Bertz CT molecular complexity index is 660. The first-order valence-corrected chi connectivity index (χ1v) is 7.32. The number of rotatable bonds is 4. The van der Waals surface area contributed by atoms with Gasteiger partial charge in [0, 0.05) is 12.1 Å². The number of hydrogen-bond acceptors (Lipinski definition) is 3. The summed E-state index contributed by atoms with van der Waals surface area (Å²) in [5.74, 6) is 1.62. The number of halogens is 3. The zero-order valence-corrected chi connectivity index (χ0v) is 13.8. The monoisotopic (exact) mass is 345 g/mol. The molecule has 2 N–H and O–H groups in total. The van der Waals surface area contributed by atoms with Crippen LogP contribution in [0.25, 0.3) is 0 Å². The fourth-order valence-corrected chi connectivity index (χ4v) is 2.52. The maximum absolute atomic E-state index is 6.13. The number of nitrogens with two attached hydrogens (primary N) is 1. The molecule has 0 saturated carbocycles. The average molecular weight is 347 g/mol. The van der Waals surface area contributed by atoms with Crippen molar-refractivity contribution in [3.8, 4) is 17.2 Å². The predicted molar refractivity (Wildman–Crippen MR) is 87.1 cm³/mol. The van der Waals surface area contributed by atoms with Crippen LogP contribution in [0, 0.1) is 0 Å². The summed E-state index contributed by atoms with van der Waals surface area (Å²) in [4.78, 5) is 0. The molecule has 21 heavy (non-hydrogen) atoms. The first-order chi connectivity index (χ1) is 9.93. The van der Waals surface area contributed by atoms with Gasteiger partial charge in [0.25, 0.3) is 0 Å². The highest BCUT2D eigenvalue weighted by atomic mass is 35.5. The van der Waals surface area contributed by atoms with Crippen LogP contribution in [0.4, 0.5) is 0 Å². The van der Waals surface area contributed by atoms with E-state index >= 15 is 0 Å². The van der Waals surface area contributed by atoms with Gasteiger partial charge in [0.15, 0.2) is 0 Å². The molecule has 3 nitrogen and oxygen atoms in total. The second-order valence-electron chi connectivity index (χ2n) is 4.46. The summed E-state index contributed by atoms with van der Waals surface area (Å²) in [6.45, 7) is 1.85. The van der Waals surface area contributed by atoms with Crippen LogP contribution in [0.3, 0.4) is 0 Å². The van der Waals surface area contributed by atoms with E-state index in [4.69, 9.17) is 50.0 Å². The normalized spacial score (nSPS) is 12.1. The Morgan fingerprint density at radius 1 is 0.952 bits per heavy atom. The lowest BCUT2D eigenvalue weighted by Crippen LogP contribution is -2.08. The van der Waals surface area contributed by atoms with Gasteiger partial charge in [-0.25, -0.2) is 0 Å². The van der Waals surface area contributed by atoms with E-state index in [0.717, 1.165) is 5.56 Å². The molecule has 0 aromatic heterocycles. The van der Waals surface area contributed by atoms with E-state index in [1.54, 1.807) is 19.2 Å². The Hall–Kier alpha value is -1.13. The first kappa shape index (κ1) is 16.2. The van der Waals surface area contributed by atoms with Gasteiger partial charge >= 0.3 is 0 Å². The molecule has 0 unspecified atom stereocenters. The Labute approximate surface area is 138 Å². The van der Waals surface area contributed by atoms with E-state index in [9.17, 15) is 0 Å². The lowest BCUT2D eigenvalue weighted by Gasteiger charge is -2.17. The van der Waals surface area contributed by atoms with Crippen molar-refractivity contribution in [3.63, 3.8) is 0 Å². The third-order valence-corrected chi connectivity index (χ3v) is 3.91. The van der Waals surface area contributed by atoms with Gasteiger partial charge in [-0.2, -0.15) is 0 Å². The summed E-state index contributed by atoms with van der Waals surface area (Å²) in [5, 5.41) is 1.09. The Balaban J connectivity index is 2.47. The van der Waals surface area contributed by atoms with Gasteiger partial charge in [0.1, 0.15) is 17.2 Å². The van der Waals surface area contributed by atoms with Gasteiger partial charge in [-0.05, 0) is 25.1 Å². The van der Waals surface area contributed by atoms with E-state index in [1.807, 2.05) is 19.1 Å². The summed E-state index contributed by atoms with van der Waals surface area (Å²) < 4.78 is 11.2. The van der Waals surface area contributed by atoms with Crippen molar-refractivity contribution >= 4 is 34.8 Å². The first-order valence-electron chi connectivity index (χ1n) is 6.19. The van der Waals surface area contributed by atoms with Crippen LogP contribution in [0.5, 0.6) is 17.2 Å². The Morgan fingerprint density at radius 3 is 2.19 bits per heavy atom. The maximum atomic E-state index is 6.13. The molecule has 0 aliphatic heterocycles. The smallest absolute Gasteiger partial charge is 0.147 e. The van der Waals surface area contributed by atoms with Crippen LogP contribution < -0.4 is 15.2 Å². The molecule has 0 spiro atoms. The highest BCUT2D eigenvalue weighted by Gasteiger charge is 2.16. The fourth-order valence-electron chi connectivity index (χ4n) is 1.94. The van der Waals surface area contributed by atoms with Crippen LogP contribution in [0.2, 0.25) is 15.1 Å². The van der Waals surface area contributed by atoms with Crippen molar-refractivity contribution < 1.29 is 9.47 Å². The van der Waals surface area contributed by atoms with E-state index in [0.29, 0.717) is 32.3 Å². The third-order valence-electron chi connectivity index (χ3n) is 2.90. The summed E-state index contributed by atoms with van der Waals surface area (Å²) in [7, 11) is 1.58. The molecular formula is C15H14Cl3NO2. The summed E-state index contributed by atoms with van der Waals surface area (Å²) >= 11 is 18.0. The minimum Gasteiger partial charge on any atom is -0.496 e. The lowest BCUT2D eigenvalue weighted by molar-refractivity contribution is 0.397. The molecule has 2 rings (SSSR count). The van der Waals surface area contributed by atoms with Gasteiger partial charge < -0.3 is 15.2 Å². The van der Waals surface area contributed by atoms with Gasteiger partial charge in [0.2, 0.25) is 0 Å². The van der Waals surface area contributed by atoms with Crippen molar-refractivity contribution in [2.45, 2.75) is 13.0 Å². The van der Waals surface area contributed by atoms with E-state index in [1.165, 1.54) is 6.07 Å². The highest BCUT2D eigenvalue weighted by Crippen LogP contribution is 2.40. The molecule has 0 heterocycles. The molecule has 0 amide bonds. The van der Waals surface area contributed by atoms with Crippen LogP contribution >= 0.6 is 34.8 Å². The molecule has 0 bridgehead atoms. The van der Waals surface area contributed by atoms with Crippen molar-refractivity contribution in [1.82, 2.24) is 0 Å². The van der Waals surface area contributed by atoms with Crippen molar-refractivity contribution in [3.05, 3.63) is 51.0 Å². The molecular weight excluding hydrogens is 333 g/mol. The van der Waals surface area contributed by atoms with Crippen molar-refractivity contribution in [2.24, 2.45) is 5.73 Å². The molecule has 112 valence electrons. The molecule has 0 fully saturated rings. The zero-order chi connectivity index (χ0) is 15.6. The Morgan fingerprint density at radius 2 is 1.57 bits per heavy atom. The summed E-state index contributed by atoms with van der Waals surface area (Å²) in [6.07, 6.45) is 0. The summed E-state index contributed by atoms with van der Waals surface area (Å²) in [5.41, 5.74) is 6.75. The predicted octanol–water partition coefficient (Wildman–Crippen LogP) is 5.47. The van der Waals surface area contributed by atoms with Crippen LogP contribution in [0.15, 0.2) is 30.3 Å². The SMILES string of the molecule is COc1cccc(Oc2cc(Cl)c(Cl)cc2Cl)c1[C@H](C)N. The number of ether oxygens (including phenoxy) is 2. The van der Waals surface area contributed by atoms with Crippen LogP contribution in [-0.4, -0.2) is 7.11 Å². The third kappa shape index (κ3) is 3.55. The highest BCUT2D eigenvalue weighted by molar-refractivity contribution is 6.43. The molecule has 2 aromatic carbocycles. The quantitative estimate of drug-likeness (QED) is 0.747. The number of methoxy groups -OCH3 is 1. The number of hydrogen-bond donors (Lipinski definition) is 1. The minimum absolute atomic E-state index is 0.266. The summed E-state index contributed by atoms with van der Waals surface area (Å²) in [6, 6.07) is 8.26. The zero-order valence-electron chi connectivity index (χ0n) is 11.5. The minimum atomic E-state index is -0.266. The standard InChI is InChI=1S/C15H14Cl3NO2/c1-8(19)15-12(20-2)4-3-5-13(15)21-14-7-10(17)9(16)6-11(14)18/h3-8H,19H2,1-2H3/t8-/m0/s1. The lowest BCUT2D eigenvalue weighted by atomic mass is 10.1. The molecule has 2 aromatic rings. The van der Waals surface area contributed by atoms with Crippen molar-refractivity contribution in [1.29, 1.82) is 0 Å². The van der Waals surface area contributed by atoms with E-state index in [-0.39, 0.29) is 6.04 Å². The fraction of sp³-hybridized carbons (Fsp3) is 0.200. The van der Waals surface area contributed by atoms with Gasteiger partial charge in [-0.3, -0.25) is 0 Å². The molecule has 0 aliphatic carbocycles. The molecule has 0 aliphatic rings. The molecule has 0 radical (unpaired) electrons. The van der Waals surface area contributed by atoms with Gasteiger partial charge in [0.05, 0.1) is 27.7 Å². The largest absolute Gasteiger partial charge is 0.496 e. The Kier molecular flexibility index (Phi) is 5.22. The van der Waals surface area contributed by atoms with Gasteiger partial charge in [-0.1, -0.05) is 40.9 Å². The van der Waals surface area contributed by atoms with E-state index < -0.39 is 0 Å². The van der Waals surface area contributed by atoms with Crippen LogP contribution in [-0.2, 0) is 0 Å². The van der Waals surface area contributed by atoms with E-state index in [2.05, 4.69) is 0 Å². The second kappa shape index (κ2) is 6.75. The maximum Gasteiger partial charge on any atom is 0.147 e. The molecule has 6 heteroatoms. The average Bonchev–Trinajstić information content (AvgIpc) is 2.44. The molecule has 1 atom stereocenters. The number of benzene rings is 2. The van der Waals surface area contributed by atoms with Crippen molar-refractivity contribution in [2.75, 3.05) is 7.11 Å². The van der Waals surface area contributed by atoms with Crippen LogP contribution in [0.1, 0.15) is 18.5 Å². The van der Waals surface area contributed by atoms with Gasteiger partial charge in [-0.15, -0.1) is 0 Å².